The maximum absolute atomic E-state index is 12.4. The molecule has 1 saturated heterocycles. The molecule has 1 aliphatic heterocycles. The van der Waals surface area contributed by atoms with Crippen LogP contribution in [0.4, 0.5) is 11.8 Å². The first kappa shape index (κ1) is 20.0. The number of hydrogen-bond donors (Lipinski definition) is 2. The molecule has 8 nitrogen and oxygen atoms in total. The highest BCUT2D eigenvalue weighted by Gasteiger charge is 2.17. The Hall–Kier alpha value is -1.75. The molecule has 1 fully saturated rings. The SMILES string of the molecule is Cc1cc(N2CCOCC2)nc(NCCNS(=O)(=O)c2ccccc2Br)n1. The summed E-state index contributed by atoms with van der Waals surface area (Å²) in [5.41, 5.74) is 0.850. The summed E-state index contributed by atoms with van der Waals surface area (Å²) in [6.45, 7) is 5.45. The van der Waals surface area contributed by atoms with Crippen LogP contribution in [-0.2, 0) is 14.8 Å². The van der Waals surface area contributed by atoms with Gasteiger partial charge in [-0.2, -0.15) is 4.98 Å². The van der Waals surface area contributed by atoms with Crippen molar-refractivity contribution in [2.75, 3.05) is 49.6 Å². The van der Waals surface area contributed by atoms with Crippen molar-refractivity contribution in [2.45, 2.75) is 11.8 Å². The van der Waals surface area contributed by atoms with Crippen molar-refractivity contribution < 1.29 is 13.2 Å². The minimum Gasteiger partial charge on any atom is -0.378 e. The quantitative estimate of drug-likeness (QED) is 0.613. The molecule has 2 heterocycles. The van der Waals surface area contributed by atoms with Gasteiger partial charge in [0.15, 0.2) is 0 Å². The van der Waals surface area contributed by atoms with E-state index in [1.165, 1.54) is 0 Å². The van der Waals surface area contributed by atoms with Crippen molar-refractivity contribution in [1.82, 2.24) is 14.7 Å². The molecular weight excluding hydrogens is 434 g/mol. The maximum atomic E-state index is 12.4. The van der Waals surface area contributed by atoms with Crippen LogP contribution in [0.3, 0.4) is 0 Å². The zero-order valence-electron chi connectivity index (χ0n) is 15.0. The fraction of sp³-hybridized carbons (Fsp3) is 0.412. The molecule has 0 spiro atoms. The number of sulfonamides is 1. The molecule has 10 heteroatoms. The summed E-state index contributed by atoms with van der Waals surface area (Å²) in [4.78, 5) is 11.3. The monoisotopic (exact) mass is 455 g/mol. The molecule has 3 rings (SSSR count). The Bertz CT molecular complexity index is 888. The molecule has 1 aliphatic rings. The van der Waals surface area contributed by atoms with Crippen molar-refractivity contribution in [1.29, 1.82) is 0 Å². The third-order valence-corrected chi connectivity index (χ3v) is 6.48. The minimum absolute atomic E-state index is 0.214. The fourth-order valence-electron chi connectivity index (χ4n) is 2.69. The van der Waals surface area contributed by atoms with Crippen LogP contribution in [0, 0.1) is 6.92 Å². The van der Waals surface area contributed by atoms with Gasteiger partial charge in [0.05, 0.1) is 18.1 Å². The van der Waals surface area contributed by atoms with Gasteiger partial charge in [0.1, 0.15) is 5.82 Å². The van der Waals surface area contributed by atoms with Crippen molar-refractivity contribution >= 4 is 37.7 Å². The lowest BCUT2D eigenvalue weighted by Crippen LogP contribution is -2.37. The number of nitrogens with one attached hydrogen (secondary N) is 2. The second-order valence-corrected chi connectivity index (χ2v) is 8.64. The number of halogens is 1. The molecule has 0 amide bonds. The molecule has 0 bridgehead atoms. The first-order valence-corrected chi connectivity index (χ1v) is 10.9. The second kappa shape index (κ2) is 8.96. The van der Waals surface area contributed by atoms with Gasteiger partial charge in [0.2, 0.25) is 16.0 Å². The Labute approximate surface area is 167 Å². The summed E-state index contributed by atoms with van der Waals surface area (Å²) in [6.07, 6.45) is 0. The number of aryl methyl sites for hydroxylation is 1. The van der Waals surface area contributed by atoms with Crippen molar-refractivity contribution in [2.24, 2.45) is 0 Å². The molecule has 0 aliphatic carbocycles. The molecule has 146 valence electrons. The van der Waals surface area contributed by atoms with E-state index in [4.69, 9.17) is 4.74 Å². The lowest BCUT2D eigenvalue weighted by Gasteiger charge is -2.28. The Kier molecular flexibility index (Phi) is 6.64. The van der Waals surface area contributed by atoms with Crippen LogP contribution < -0.4 is 14.9 Å². The first-order valence-electron chi connectivity index (χ1n) is 8.62. The molecule has 27 heavy (non-hydrogen) atoms. The maximum Gasteiger partial charge on any atom is 0.241 e. The van der Waals surface area contributed by atoms with Crippen LogP contribution in [0.15, 0.2) is 39.7 Å². The predicted molar refractivity (Wildman–Crippen MR) is 108 cm³/mol. The highest BCUT2D eigenvalue weighted by molar-refractivity contribution is 9.10. The number of rotatable bonds is 7. The number of ether oxygens (including phenoxy) is 1. The molecule has 1 aromatic carbocycles. The van der Waals surface area contributed by atoms with Gasteiger partial charge in [-0.3, -0.25) is 0 Å². The van der Waals surface area contributed by atoms with E-state index in [-0.39, 0.29) is 11.4 Å². The molecule has 1 aromatic heterocycles. The van der Waals surface area contributed by atoms with Crippen LogP contribution in [0.2, 0.25) is 0 Å². The molecule has 0 radical (unpaired) electrons. The van der Waals surface area contributed by atoms with E-state index in [9.17, 15) is 8.42 Å². The predicted octanol–water partition coefficient (Wildman–Crippen LogP) is 1.77. The first-order chi connectivity index (χ1) is 13.0. The van der Waals surface area contributed by atoms with E-state index < -0.39 is 10.0 Å². The topological polar surface area (TPSA) is 96.5 Å². The van der Waals surface area contributed by atoms with Gasteiger partial charge < -0.3 is 15.0 Å². The lowest BCUT2D eigenvalue weighted by atomic mass is 10.3. The smallest absolute Gasteiger partial charge is 0.241 e. The standard InChI is InChI=1S/C17H22BrN5O3S/c1-13-12-16(23-8-10-26-11-9-23)22-17(21-13)19-6-7-20-27(24,25)15-5-3-2-4-14(15)18/h2-5,12,20H,6-11H2,1H3,(H,19,21,22). The van der Waals surface area contributed by atoms with Gasteiger partial charge in [-0.25, -0.2) is 18.1 Å². The van der Waals surface area contributed by atoms with Crippen LogP contribution in [0.25, 0.3) is 0 Å². The average Bonchev–Trinajstić information content (AvgIpc) is 2.66. The Morgan fingerprint density at radius 3 is 2.67 bits per heavy atom. The average molecular weight is 456 g/mol. The number of morpholine rings is 1. The number of nitrogens with zero attached hydrogens (tertiary/aromatic N) is 3. The summed E-state index contributed by atoms with van der Waals surface area (Å²) in [7, 11) is -3.58. The molecule has 2 aromatic rings. The highest BCUT2D eigenvalue weighted by atomic mass is 79.9. The number of benzene rings is 1. The van der Waals surface area contributed by atoms with Crippen molar-refractivity contribution in [3.63, 3.8) is 0 Å². The van der Waals surface area contributed by atoms with Crippen molar-refractivity contribution in [3.8, 4) is 0 Å². The van der Waals surface area contributed by atoms with Gasteiger partial charge in [-0.1, -0.05) is 12.1 Å². The number of aromatic nitrogens is 2. The minimum atomic E-state index is -3.58. The molecule has 2 N–H and O–H groups in total. The van der Waals surface area contributed by atoms with E-state index in [0.29, 0.717) is 30.2 Å². The van der Waals surface area contributed by atoms with Gasteiger partial charge in [0.25, 0.3) is 0 Å². The number of anilines is 2. The molecule has 0 saturated carbocycles. The lowest BCUT2D eigenvalue weighted by molar-refractivity contribution is 0.122. The summed E-state index contributed by atoms with van der Waals surface area (Å²) < 4.78 is 33.2. The van der Waals surface area contributed by atoms with Gasteiger partial charge in [-0.15, -0.1) is 0 Å². The normalized spacial score (nSPS) is 15.0. The summed E-state index contributed by atoms with van der Waals surface area (Å²) in [5, 5.41) is 3.08. The largest absolute Gasteiger partial charge is 0.378 e. The van der Waals surface area contributed by atoms with E-state index in [1.54, 1.807) is 24.3 Å². The summed E-state index contributed by atoms with van der Waals surface area (Å²) in [6, 6.07) is 8.64. The van der Waals surface area contributed by atoms with Crippen LogP contribution in [0.5, 0.6) is 0 Å². The van der Waals surface area contributed by atoms with Crippen molar-refractivity contribution in [3.05, 3.63) is 40.5 Å². The molecule has 0 unspecified atom stereocenters. The van der Waals surface area contributed by atoms with E-state index in [1.807, 2.05) is 13.0 Å². The van der Waals surface area contributed by atoms with Gasteiger partial charge in [-0.05, 0) is 35.0 Å². The van der Waals surface area contributed by atoms with Crippen LogP contribution in [-0.4, -0.2) is 57.8 Å². The third-order valence-electron chi connectivity index (χ3n) is 4.00. The van der Waals surface area contributed by atoms with Crippen LogP contribution >= 0.6 is 15.9 Å². The Morgan fingerprint density at radius 2 is 1.93 bits per heavy atom. The van der Waals surface area contributed by atoms with Gasteiger partial charge >= 0.3 is 0 Å². The Balaban J connectivity index is 1.57. The third kappa shape index (κ3) is 5.38. The zero-order chi connectivity index (χ0) is 19.3. The van der Waals surface area contributed by atoms with E-state index in [0.717, 1.165) is 24.6 Å². The number of hydrogen-bond acceptors (Lipinski definition) is 7. The van der Waals surface area contributed by atoms with Crippen LogP contribution in [0.1, 0.15) is 5.69 Å². The molecular formula is C17H22BrN5O3S. The second-order valence-electron chi connectivity index (χ2n) is 6.05. The summed E-state index contributed by atoms with van der Waals surface area (Å²) in [5.74, 6) is 1.33. The fourth-order valence-corrected chi connectivity index (χ4v) is 4.72. The Morgan fingerprint density at radius 1 is 1.19 bits per heavy atom. The highest BCUT2D eigenvalue weighted by Crippen LogP contribution is 2.20. The summed E-state index contributed by atoms with van der Waals surface area (Å²) >= 11 is 3.26. The van der Waals surface area contributed by atoms with E-state index in [2.05, 4.69) is 40.8 Å². The van der Waals surface area contributed by atoms with E-state index >= 15 is 0 Å². The zero-order valence-corrected chi connectivity index (χ0v) is 17.4. The van der Waals surface area contributed by atoms with Gasteiger partial charge in [0, 0.05) is 42.4 Å². The molecule has 0 atom stereocenters.